The van der Waals surface area contributed by atoms with Crippen molar-refractivity contribution in [1.82, 2.24) is 24.9 Å². The SMILES string of the molecule is CCOC(=O)N1CCN(C(=O)[C@H](CCC(=O)O)NC(=O)c2cc(OC3(C(=O)OCC)CCC3)n(-c3cccc(C#N)c3)n2)CC1. The molecule has 1 aromatic carbocycles. The number of carboxylic acids is 1. The van der Waals surface area contributed by atoms with Crippen molar-refractivity contribution in [2.75, 3.05) is 39.4 Å². The third-order valence-corrected chi connectivity index (χ3v) is 7.61. The number of hydrogen-bond acceptors (Lipinski definition) is 10. The summed E-state index contributed by atoms with van der Waals surface area (Å²) in [7, 11) is 0. The molecule has 2 fully saturated rings. The first-order chi connectivity index (χ1) is 21.6. The molecule has 1 aromatic heterocycles. The van der Waals surface area contributed by atoms with Crippen molar-refractivity contribution in [1.29, 1.82) is 5.26 Å². The normalized spacial score (nSPS) is 16.0. The first-order valence-corrected chi connectivity index (χ1v) is 14.8. The van der Waals surface area contributed by atoms with Gasteiger partial charge in [0.05, 0.1) is 30.5 Å². The summed E-state index contributed by atoms with van der Waals surface area (Å²) in [5.74, 6) is -2.91. The van der Waals surface area contributed by atoms with Gasteiger partial charge in [0.15, 0.2) is 5.69 Å². The number of nitrogens with zero attached hydrogens (tertiary/aromatic N) is 5. The Kier molecular flexibility index (Phi) is 10.6. The quantitative estimate of drug-likeness (QED) is 0.328. The zero-order valence-corrected chi connectivity index (χ0v) is 25.2. The molecular weight excluding hydrogens is 588 g/mol. The average Bonchev–Trinajstić information content (AvgIpc) is 3.44. The van der Waals surface area contributed by atoms with Crippen LogP contribution in [0.2, 0.25) is 0 Å². The van der Waals surface area contributed by atoms with Crippen LogP contribution in [-0.4, -0.2) is 106 Å². The summed E-state index contributed by atoms with van der Waals surface area (Å²) in [6, 6.07) is 8.58. The van der Waals surface area contributed by atoms with Crippen LogP contribution in [0, 0.1) is 11.3 Å². The fourth-order valence-corrected chi connectivity index (χ4v) is 5.05. The van der Waals surface area contributed by atoms with Gasteiger partial charge in [-0.1, -0.05) is 6.07 Å². The van der Waals surface area contributed by atoms with Gasteiger partial charge in [0.25, 0.3) is 5.91 Å². The monoisotopic (exact) mass is 624 g/mol. The zero-order chi connectivity index (χ0) is 32.6. The lowest BCUT2D eigenvalue weighted by molar-refractivity contribution is -0.170. The minimum Gasteiger partial charge on any atom is -0.481 e. The standard InChI is InChI=1S/C30H36N6O9/c1-3-43-28(41)30(11-6-12-30)45-24-18-23(33-36(24)21-8-5-7-20(17-21)19-31)26(39)32-22(9-10-25(37)38)27(40)34-13-15-35(16-14-34)29(42)44-4-2/h5,7-8,17-18,22H,3-4,6,9-16H2,1-2H3,(H,32,39)(H,37,38)/t22-/m0/s1. The number of ether oxygens (including phenoxy) is 3. The molecule has 1 aliphatic heterocycles. The predicted octanol–water partition coefficient (Wildman–Crippen LogP) is 1.87. The van der Waals surface area contributed by atoms with E-state index in [0.29, 0.717) is 24.1 Å². The van der Waals surface area contributed by atoms with Gasteiger partial charge in [-0.2, -0.15) is 10.4 Å². The number of nitrogens with one attached hydrogen (secondary N) is 1. The number of amides is 3. The van der Waals surface area contributed by atoms with Crippen molar-refractivity contribution >= 4 is 29.8 Å². The molecule has 15 nitrogen and oxygen atoms in total. The van der Waals surface area contributed by atoms with E-state index < -0.39 is 41.5 Å². The fourth-order valence-electron chi connectivity index (χ4n) is 5.05. The maximum atomic E-state index is 13.5. The van der Waals surface area contributed by atoms with Crippen molar-refractivity contribution < 1.29 is 43.3 Å². The smallest absolute Gasteiger partial charge is 0.409 e. The number of aromatic nitrogens is 2. The Hall–Kier alpha value is -5.13. The van der Waals surface area contributed by atoms with Crippen LogP contribution in [-0.2, 0) is 23.9 Å². The number of aliphatic carboxylic acids is 1. The van der Waals surface area contributed by atoms with Gasteiger partial charge in [0, 0.05) is 38.7 Å². The molecule has 1 saturated carbocycles. The van der Waals surface area contributed by atoms with E-state index in [1.807, 2.05) is 6.07 Å². The maximum absolute atomic E-state index is 13.5. The van der Waals surface area contributed by atoms with Gasteiger partial charge >= 0.3 is 18.0 Å². The number of esters is 1. The molecule has 15 heteroatoms. The van der Waals surface area contributed by atoms with Crippen molar-refractivity contribution in [2.45, 2.75) is 57.6 Å². The summed E-state index contributed by atoms with van der Waals surface area (Å²) in [5.41, 5.74) is -0.712. The lowest BCUT2D eigenvalue weighted by Crippen LogP contribution is -2.56. The van der Waals surface area contributed by atoms with Crippen LogP contribution in [0.15, 0.2) is 30.3 Å². The Bertz CT molecular complexity index is 1470. The second-order valence-corrected chi connectivity index (χ2v) is 10.6. The number of carboxylic acid groups (broad SMARTS) is 1. The first kappa shape index (κ1) is 32.8. The van der Waals surface area contributed by atoms with E-state index in [1.54, 1.807) is 32.0 Å². The number of carbonyl (C=O) groups excluding carboxylic acids is 4. The zero-order valence-electron chi connectivity index (χ0n) is 25.2. The molecule has 0 unspecified atom stereocenters. The fraction of sp³-hybridized carbons (Fsp3) is 0.500. The highest BCUT2D eigenvalue weighted by Gasteiger charge is 2.49. The Labute approximate surface area is 259 Å². The highest BCUT2D eigenvalue weighted by atomic mass is 16.6. The van der Waals surface area contributed by atoms with Crippen LogP contribution >= 0.6 is 0 Å². The van der Waals surface area contributed by atoms with E-state index >= 15 is 0 Å². The summed E-state index contributed by atoms with van der Waals surface area (Å²) in [6.45, 7) is 4.55. The summed E-state index contributed by atoms with van der Waals surface area (Å²) in [6.07, 6.45) is 0.466. The van der Waals surface area contributed by atoms with Crippen LogP contribution in [0.5, 0.6) is 5.88 Å². The Balaban J connectivity index is 1.58. The molecule has 2 aromatic rings. The largest absolute Gasteiger partial charge is 0.481 e. The van der Waals surface area contributed by atoms with E-state index in [1.165, 1.54) is 26.6 Å². The maximum Gasteiger partial charge on any atom is 0.409 e. The number of rotatable bonds is 12. The molecule has 1 saturated heterocycles. The highest BCUT2D eigenvalue weighted by molar-refractivity contribution is 5.96. The van der Waals surface area contributed by atoms with Crippen molar-refractivity contribution in [3.63, 3.8) is 0 Å². The van der Waals surface area contributed by atoms with E-state index in [4.69, 9.17) is 14.2 Å². The molecule has 45 heavy (non-hydrogen) atoms. The molecule has 0 spiro atoms. The molecule has 2 aliphatic rings. The summed E-state index contributed by atoms with van der Waals surface area (Å²) < 4.78 is 17.7. The number of carbonyl (C=O) groups is 5. The first-order valence-electron chi connectivity index (χ1n) is 14.8. The van der Waals surface area contributed by atoms with Gasteiger partial charge in [-0.25, -0.2) is 14.3 Å². The van der Waals surface area contributed by atoms with E-state index in [2.05, 4.69) is 10.4 Å². The molecule has 1 aliphatic carbocycles. The van der Waals surface area contributed by atoms with Gasteiger partial charge in [-0.05, 0) is 57.7 Å². The van der Waals surface area contributed by atoms with E-state index in [-0.39, 0.29) is 63.8 Å². The number of benzene rings is 1. The third kappa shape index (κ3) is 7.69. The molecule has 0 radical (unpaired) electrons. The van der Waals surface area contributed by atoms with Crippen molar-refractivity contribution in [2.24, 2.45) is 0 Å². The summed E-state index contributed by atoms with van der Waals surface area (Å²) >= 11 is 0. The molecule has 4 rings (SSSR count). The van der Waals surface area contributed by atoms with Gasteiger partial charge in [-0.3, -0.25) is 14.4 Å². The molecule has 3 amide bonds. The number of nitriles is 1. The average molecular weight is 625 g/mol. The Morgan fingerprint density at radius 2 is 1.73 bits per heavy atom. The van der Waals surface area contributed by atoms with Crippen LogP contribution in [0.4, 0.5) is 4.79 Å². The minimum absolute atomic E-state index is 0.0477. The van der Waals surface area contributed by atoms with Gasteiger partial charge in [0.2, 0.25) is 17.4 Å². The lowest BCUT2D eigenvalue weighted by atomic mass is 9.80. The highest BCUT2D eigenvalue weighted by Crippen LogP contribution is 2.38. The Morgan fingerprint density at radius 1 is 1.04 bits per heavy atom. The molecule has 2 N–H and O–H groups in total. The summed E-state index contributed by atoms with van der Waals surface area (Å²) in [5, 5.41) is 25.7. The van der Waals surface area contributed by atoms with Crippen LogP contribution < -0.4 is 10.1 Å². The molecule has 2 heterocycles. The second-order valence-electron chi connectivity index (χ2n) is 10.6. The van der Waals surface area contributed by atoms with Crippen LogP contribution in [0.25, 0.3) is 5.69 Å². The lowest BCUT2D eigenvalue weighted by Gasteiger charge is -2.38. The van der Waals surface area contributed by atoms with E-state index in [0.717, 1.165) is 6.42 Å². The van der Waals surface area contributed by atoms with Crippen molar-refractivity contribution in [3.8, 4) is 17.6 Å². The number of hydrogen-bond donors (Lipinski definition) is 2. The number of piperazine rings is 1. The molecule has 240 valence electrons. The summed E-state index contributed by atoms with van der Waals surface area (Å²) in [4.78, 5) is 66.2. The molecular formula is C30H36N6O9. The van der Waals surface area contributed by atoms with Gasteiger partial charge in [-0.15, -0.1) is 0 Å². The third-order valence-electron chi connectivity index (χ3n) is 7.61. The second kappa shape index (κ2) is 14.6. The molecule has 1 atom stereocenters. The van der Waals surface area contributed by atoms with Crippen LogP contribution in [0.1, 0.15) is 62.0 Å². The minimum atomic E-state index is -1.26. The van der Waals surface area contributed by atoms with Crippen LogP contribution in [0.3, 0.4) is 0 Å². The predicted molar refractivity (Wildman–Crippen MR) is 155 cm³/mol. The van der Waals surface area contributed by atoms with Crippen molar-refractivity contribution in [3.05, 3.63) is 41.6 Å². The van der Waals surface area contributed by atoms with Gasteiger partial charge in [0.1, 0.15) is 6.04 Å². The van der Waals surface area contributed by atoms with Gasteiger partial charge < -0.3 is 34.4 Å². The van der Waals surface area contributed by atoms with E-state index in [9.17, 15) is 34.3 Å². The molecule has 0 bridgehead atoms. The Morgan fingerprint density at radius 3 is 2.33 bits per heavy atom. The topological polar surface area (TPSA) is 193 Å².